The molecule has 1 fully saturated rings. The Labute approximate surface area is 104 Å². The highest BCUT2D eigenvalue weighted by Gasteiger charge is 2.27. The standard InChI is InChI=1S/C10H18F3N3O2/c1-8-6-16(3-5-18-8)9(14)15-2-4-17-7-10(11,12)13/h8H,2-7H2,1H3,(H2,14,15). The summed E-state index contributed by atoms with van der Waals surface area (Å²) in [7, 11) is 0. The predicted octanol–water partition coefficient (Wildman–Crippen LogP) is 0.601. The van der Waals surface area contributed by atoms with Crippen molar-refractivity contribution in [2.45, 2.75) is 19.2 Å². The van der Waals surface area contributed by atoms with Crippen molar-refractivity contribution in [1.82, 2.24) is 4.90 Å². The Morgan fingerprint density at radius 3 is 2.89 bits per heavy atom. The Morgan fingerprint density at radius 2 is 2.28 bits per heavy atom. The second kappa shape index (κ2) is 6.79. The Kier molecular flexibility index (Phi) is 5.67. The lowest BCUT2D eigenvalue weighted by molar-refractivity contribution is -0.173. The normalized spacial score (nSPS) is 22.3. The van der Waals surface area contributed by atoms with Gasteiger partial charge in [-0.3, -0.25) is 4.99 Å². The van der Waals surface area contributed by atoms with Gasteiger partial charge >= 0.3 is 6.18 Å². The van der Waals surface area contributed by atoms with Crippen molar-refractivity contribution in [3.05, 3.63) is 0 Å². The molecule has 0 aromatic rings. The van der Waals surface area contributed by atoms with Gasteiger partial charge in [0.15, 0.2) is 5.96 Å². The lowest BCUT2D eigenvalue weighted by atomic mass is 10.3. The number of aliphatic imine (C=N–C) groups is 1. The van der Waals surface area contributed by atoms with Gasteiger partial charge in [-0.2, -0.15) is 13.2 Å². The van der Waals surface area contributed by atoms with E-state index in [1.165, 1.54) is 0 Å². The number of ether oxygens (including phenoxy) is 2. The van der Waals surface area contributed by atoms with Crippen LogP contribution < -0.4 is 5.73 Å². The van der Waals surface area contributed by atoms with Gasteiger partial charge in [0.05, 0.1) is 25.9 Å². The average Bonchev–Trinajstić information content (AvgIpc) is 2.26. The number of alkyl halides is 3. The minimum atomic E-state index is -4.30. The third-order valence-electron chi connectivity index (χ3n) is 2.34. The number of halogens is 3. The maximum atomic E-state index is 11.8. The lowest BCUT2D eigenvalue weighted by Gasteiger charge is -2.31. The Morgan fingerprint density at radius 1 is 1.56 bits per heavy atom. The van der Waals surface area contributed by atoms with Gasteiger partial charge in [0, 0.05) is 13.1 Å². The second-order valence-electron chi connectivity index (χ2n) is 4.04. The topological polar surface area (TPSA) is 60.1 Å². The first-order valence-electron chi connectivity index (χ1n) is 5.69. The number of hydrogen-bond donors (Lipinski definition) is 1. The van der Waals surface area contributed by atoms with Gasteiger partial charge in [0.1, 0.15) is 6.61 Å². The highest BCUT2D eigenvalue weighted by Crippen LogP contribution is 2.14. The van der Waals surface area contributed by atoms with Gasteiger partial charge in [0.2, 0.25) is 0 Å². The Balaban J connectivity index is 2.21. The molecule has 8 heteroatoms. The van der Waals surface area contributed by atoms with Crippen LogP contribution in [0.2, 0.25) is 0 Å². The zero-order chi connectivity index (χ0) is 13.6. The van der Waals surface area contributed by atoms with E-state index in [-0.39, 0.29) is 19.3 Å². The van der Waals surface area contributed by atoms with Crippen LogP contribution in [-0.4, -0.2) is 62.6 Å². The largest absolute Gasteiger partial charge is 0.411 e. The quantitative estimate of drug-likeness (QED) is 0.461. The van der Waals surface area contributed by atoms with E-state index < -0.39 is 12.8 Å². The summed E-state index contributed by atoms with van der Waals surface area (Å²) >= 11 is 0. The molecule has 0 aromatic heterocycles. The fraction of sp³-hybridized carbons (Fsp3) is 0.900. The minimum absolute atomic E-state index is 0.0778. The number of rotatable bonds is 4. The molecule has 1 atom stereocenters. The zero-order valence-electron chi connectivity index (χ0n) is 10.2. The van der Waals surface area contributed by atoms with Crippen molar-refractivity contribution in [3.63, 3.8) is 0 Å². The molecule has 106 valence electrons. The molecular weight excluding hydrogens is 251 g/mol. The summed E-state index contributed by atoms with van der Waals surface area (Å²) in [6.07, 6.45) is -4.22. The maximum Gasteiger partial charge on any atom is 0.411 e. The number of nitrogens with zero attached hydrogens (tertiary/aromatic N) is 2. The molecule has 1 rings (SSSR count). The predicted molar refractivity (Wildman–Crippen MR) is 60.4 cm³/mol. The van der Waals surface area contributed by atoms with Crippen LogP contribution in [0.4, 0.5) is 13.2 Å². The van der Waals surface area contributed by atoms with Gasteiger partial charge in [0.25, 0.3) is 0 Å². The number of guanidine groups is 1. The summed E-state index contributed by atoms with van der Waals surface area (Å²) in [5, 5.41) is 0. The molecule has 0 saturated carbocycles. The average molecular weight is 269 g/mol. The fourth-order valence-corrected chi connectivity index (χ4v) is 1.54. The first-order chi connectivity index (χ1) is 8.38. The molecule has 1 saturated heterocycles. The van der Waals surface area contributed by atoms with Crippen LogP contribution >= 0.6 is 0 Å². The van der Waals surface area contributed by atoms with E-state index in [2.05, 4.69) is 9.73 Å². The van der Waals surface area contributed by atoms with Crippen molar-refractivity contribution >= 4 is 5.96 Å². The molecule has 2 N–H and O–H groups in total. The van der Waals surface area contributed by atoms with Gasteiger partial charge in [-0.25, -0.2) is 0 Å². The third-order valence-corrected chi connectivity index (χ3v) is 2.34. The number of hydrogen-bond acceptors (Lipinski definition) is 3. The smallest absolute Gasteiger partial charge is 0.375 e. The summed E-state index contributed by atoms with van der Waals surface area (Å²) < 4.78 is 45.1. The van der Waals surface area contributed by atoms with Crippen LogP contribution in [0.1, 0.15) is 6.92 Å². The van der Waals surface area contributed by atoms with E-state index in [0.717, 1.165) is 0 Å². The number of morpholine rings is 1. The highest BCUT2D eigenvalue weighted by atomic mass is 19.4. The van der Waals surface area contributed by atoms with Crippen LogP contribution in [0.15, 0.2) is 4.99 Å². The third kappa shape index (κ3) is 6.06. The van der Waals surface area contributed by atoms with Crippen molar-refractivity contribution in [2.24, 2.45) is 10.7 Å². The Hall–Kier alpha value is -1.02. The van der Waals surface area contributed by atoms with Crippen molar-refractivity contribution < 1.29 is 22.6 Å². The summed E-state index contributed by atoms with van der Waals surface area (Å²) in [5.74, 6) is 0.320. The first-order valence-corrected chi connectivity index (χ1v) is 5.69. The second-order valence-corrected chi connectivity index (χ2v) is 4.04. The van der Waals surface area contributed by atoms with E-state index in [4.69, 9.17) is 10.5 Å². The highest BCUT2D eigenvalue weighted by molar-refractivity contribution is 5.78. The van der Waals surface area contributed by atoms with E-state index >= 15 is 0 Å². The zero-order valence-corrected chi connectivity index (χ0v) is 10.2. The van der Waals surface area contributed by atoms with E-state index in [1.54, 1.807) is 0 Å². The molecule has 1 heterocycles. The molecule has 1 aliphatic rings. The summed E-state index contributed by atoms with van der Waals surface area (Å²) in [4.78, 5) is 5.82. The molecule has 0 amide bonds. The van der Waals surface area contributed by atoms with E-state index in [9.17, 15) is 13.2 Å². The molecular formula is C10H18F3N3O2. The maximum absolute atomic E-state index is 11.8. The van der Waals surface area contributed by atoms with Crippen molar-refractivity contribution in [2.75, 3.05) is 39.5 Å². The minimum Gasteiger partial charge on any atom is -0.375 e. The lowest BCUT2D eigenvalue weighted by Crippen LogP contribution is -2.48. The van der Waals surface area contributed by atoms with E-state index in [0.29, 0.717) is 25.7 Å². The van der Waals surface area contributed by atoms with Gasteiger partial charge in [-0.15, -0.1) is 0 Å². The van der Waals surface area contributed by atoms with Crippen LogP contribution in [0.25, 0.3) is 0 Å². The van der Waals surface area contributed by atoms with Crippen LogP contribution in [-0.2, 0) is 9.47 Å². The molecule has 0 spiro atoms. The SMILES string of the molecule is CC1CN(C(N)=NCCOCC(F)(F)F)CCO1. The molecule has 0 aromatic carbocycles. The fourth-order valence-electron chi connectivity index (χ4n) is 1.54. The molecule has 0 bridgehead atoms. The molecule has 18 heavy (non-hydrogen) atoms. The summed E-state index contributed by atoms with van der Waals surface area (Å²) in [5.41, 5.74) is 5.72. The first kappa shape index (κ1) is 15.0. The molecule has 1 aliphatic heterocycles. The molecule has 0 radical (unpaired) electrons. The number of nitrogens with two attached hydrogens (primary N) is 1. The van der Waals surface area contributed by atoms with E-state index in [1.807, 2.05) is 11.8 Å². The Bertz CT molecular complexity index is 284. The van der Waals surface area contributed by atoms with Crippen LogP contribution in [0, 0.1) is 0 Å². The van der Waals surface area contributed by atoms with Crippen molar-refractivity contribution in [1.29, 1.82) is 0 Å². The van der Waals surface area contributed by atoms with Crippen molar-refractivity contribution in [3.8, 4) is 0 Å². The summed E-state index contributed by atoms with van der Waals surface area (Å²) in [6, 6.07) is 0. The van der Waals surface area contributed by atoms with Crippen LogP contribution in [0.5, 0.6) is 0 Å². The van der Waals surface area contributed by atoms with Gasteiger partial charge in [-0.1, -0.05) is 0 Å². The van der Waals surface area contributed by atoms with Crippen LogP contribution in [0.3, 0.4) is 0 Å². The molecule has 0 aliphatic carbocycles. The molecule has 5 nitrogen and oxygen atoms in total. The van der Waals surface area contributed by atoms with Gasteiger partial charge < -0.3 is 20.1 Å². The monoisotopic (exact) mass is 269 g/mol. The summed E-state index contributed by atoms with van der Waals surface area (Å²) in [6.45, 7) is 2.54. The molecule has 1 unspecified atom stereocenters. The van der Waals surface area contributed by atoms with Gasteiger partial charge in [-0.05, 0) is 6.92 Å².